The molecular formula is C20H18BrN3O2. The summed E-state index contributed by atoms with van der Waals surface area (Å²) >= 11 is 3.43. The van der Waals surface area contributed by atoms with Crippen LogP contribution in [0.4, 0.5) is 5.82 Å². The van der Waals surface area contributed by atoms with Gasteiger partial charge in [-0.2, -0.15) is 5.10 Å². The molecule has 0 atom stereocenters. The summed E-state index contributed by atoms with van der Waals surface area (Å²) in [4.78, 5) is 12.1. The summed E-state index contributed by atoms with van der Waals surface area (Å²) < 4.78 is 7.81. The number of aromatic nitrogens is 2. The van der Waals surface area contributed by atoms with Crippen molar-refractivity contribution in [2.75, 3.05) is 12.4 Å². The lowest BCUT2D eigenvalue weighted by atomic mass is 10.2. The second kappa shape index (κ2) is 8.49. The molecule has 0 saturated carbocycles. The molecule has 2 aromatic carbocycles. The molecule has 0 unspecified atom stereocenters. The lowest BCUT2D eigenvalue weighted by molar-refractivity contribution is -0.111. The highest BCUT2D eigenvalue weighted by atomic mass is 79.9. The lowest BCUT2D eigenvalue weighted by Crippen LogP contribution is -2.09. The number of rotatable bonds is 6. The van der Waals surface area contributed by atoms with E-state index < -0.39 is 0 Å². The van der Waals surface area contributed by atoms with Crippen LogP contribution in [-0.2, 0) is 11.3 Å². The van der Waals surface area contributed by atoms with Crippen LogP contribution in [-0.4, -0.2) is 22.8 Å². The third kappa shape index (κ3) is 4.83. The van der Waals surface area contributed by atoms with Gasteiger partial charge in [-0.3, -0.25) is 9.48 Å². The van der Waals surface area contributed by atoms with Crippen molar-refractivity contribution in [1.82, 2.24) is 9.78 Å². The molecule has 1 aromatic heterocycles. The predicted molar refractivity (Wildman–Crippen MR) is 106 cm³/mol. The Kier molecular flexibility index (Phi) is 5.86. The molecule has 132 valence electrons. The largest absolute Gasteiger partial charge is 0.496 e. The number of benzene rings is 2. The number of anilines is 1. The molecule has 0 aliphatic rings. The molecular weight excluding hydrogens is 394 g/mol. The first-order valence-corrected chi connectivity index (χ1v) is 8.83. The van der Waals surface area contributed by atoms with Gasteiger partial charge in [-0.05, 0) is 45.3 Å². The molecule has 6 heteroatoms. The van der Waals surface area contributed by atoms with Gasteiger partial charge in [0, 0.05) is 18.3 Å². The van der Waals surface area contributed by atoms with E-state index in [2.05, 4.69) is 26.3 Å². The van der Waals surface area contributed by atoms with Gasteiger partial charge in [0.1, 0.15) is 5.75 Å². The Bertz CT molecular complexity index is 920. The standard InChI is InChI=1S/C20H18BrN3O2/c1-26-18-9-7-15(13-17(18)21)8-10-20(25)22-19-11-12-24(23-19)14-16-5-3-2-4-6-16/h2-13H,14H2,1H3,(H,22,23,25)/b10-8-. The van der Waals surface area contributed by atoms with E-state index in [4.69, 9.17) is 4.74 Å². The highest BCUT2D eigenvalue weighted by Gasteiger charge is 2.04. The topological polar surface area (TPSA) is 56.1 Å². The van der Waals surface area contributed by atoms with Crippen molar-refractivity contribution in [3.63, 3.8) is 0 Å². The number of ether oxygens (including phenoxy) is 1. The van der Waals surface area contributed by atoms with Gasteiger partial charge in [0.05, 0.1) is 18.1 Å². The zero-order valence-electron chi connectivity index (χ0n) is 14.2. The Balaban J connectivity index is 1.59. The highest BCUT2D eigenvalue weighted by molar-refractivity contribution is 9.10. The predicted octanol–water partition coefficient (Wildman–Crippen LogP) is 4.35. The van der Waals surface area contributed by atoms with Crippen LogP contribution in [0.15, 0.2) is 71.3 Å². The van der Waals surface area contributed by atoms with Crippen molar-refractivity contribution in [1.29, 1.82) is 0 Å². The van der Waals surface area contributed by atoms with Crippen LogP contribution in [0, 0.1) is 0 Å². The van der Waals surface area contributed by atoms with E-state index in [9.17, 15) is 4.79 Å². The van der Waals surface area contributed by atoms with E-state index in [1.165, 1.54) is 6.08 Å². The van der Waals surface area contributed by atoms with Crippen molar-refractivity contribution in [3.05, 3.63) is 82.5 Å². The van der Waals surface area contributed by atoms with Crippen LogP contribution < -0.4 is 10.1 Å². The van der Waals surface area contributed by atoms with Crippen molar-refractivity contribution < 1.29 is 9.53 Å². The minimum absolute atomic E-state index is 0.234. The van der Waals surface area contributed by atoms with Gasteiger partial charge < -0.3 is 10.1 Å². The normalized spacial score (nSPS) is 10.8. The van der Waals surface area contributed by atoms with Gasteiger partial charge in [-0.25, -0.2) is 0 Å². The summed E-state index contributed by atoms with van der Waals surface area (Å²) in [6.45, 7) is 0.659. The number of amides is 1. The fraction of sp³-hybridized carbons (Fsp3) is 0.100. The minimum atomic E-state index is -0.234. The van der Waals surface area contributed by atoms with E-state index in [1.54, 1.807) is 23.9 Å². The third-order valence-corrected chi connectivity index (χ3v) is 4.30. The van der Waals surface area contributed by atoms with E-state index in [-0.39, 0.29) is 5.91 Å². The van der Waals surface area contributed by atoms with Gasteiger partial charge in [0.15, 0.2) is 5.82 Å². The number of nitrogens with one attached hydrogen (secondary N) is 1. The summed E-state index contributed by atoms with van der Waals surface area (Å²) in [6, 6.07) is 17.4. The van der Waals surface area contributed by atoms with E-state index >= 15 is 0 Å². The molecule has 3 aromatic rings. The molecule has 1 amide bonds. The van der Waals surface area contributed by atoms with E-state index in [1.807, 2.05) is 54.7 Å². The second-order valence-electron chi connectivity index (χ2n) is 5.60. The second-order valence-corrected chi connectivity index (χ2v) is 6.46. The Labute approximate surface area is 160 Å². The van der Waals surface area contributed by atoms with E-state index in [0.717, 1.165) is 21.3 Å². The SMILES string of the molecule is COc1ccc(/C=C\C(=O)Nc2ccn(Cc3ccccc3)n2)cc1Br. The average molecular weight is 412 g/mol. The summed E-state index contributed by atoms with van der Waals surface area (Å²) in [6.07, 6.45) is 5.05. The van der Waals surface area contributed by atoms with Crippen molar-refractivity contribution in [2.24, 2.45) is 0 Å². The number of carbonyl (C=O) groups excluding carboxylic acids is 1. The van der Waals surface area contributed by atoms with Crippen LogP contribution in [0.2, 0.25) is 0 Å². The number of halogens is 1. The smallest absolute Gasteiger partial charge is 0.249 e. The molecule has 0 aliphatic carbocycles. The van der Waals surface area contributed by atoms with Crippen LogP contribution in [0.25, 0.3) is 6.08 Å². The molecule has 0 radical (unpaired) electrons. The third-order valence-electron chi connectivity index (χ3n) is 3.68. The molecule has 0 fully saturated rings. The quantitative estimate of drug-likeness (QED) is 0.613. The van der Waals surface area contributed by atoms with Gasteiger partial charge in [-0.1, -0.05) is 36.4 Å². The van der Waals surface area contributed by atoms with Crippen molar-refractivity contribution >= 4 is 33.7 Å². The monoisotopic (exact) mass is 411 g/mol. The molecule has 26 heavy (non-hydrogen) atoms. The molecule has 3 rings (SSSR count). The summed E-state index contributed by atoms with van der Waals surface area (Å²) in [7, 11) is 1.61. The molecule has 5 nitrogen and oxygen atoms in total. The fourth-order valence-electron chi connectivity index (χ4n) is 2.41. The summed E-state index contributed by atoms with van der Waals surface area (Å²) in [5.41, 5.74) is 2.04. The molecule has 1 N–H and O–H groups in total. The van der Waals surface area contributed by atoms with Gasteiger partial charge >= 0.3 is 0 Å². The Morgan fingerprint density at radius 3 is 2.77 bits per heavy atom. The number of methoxy groups -OCH3 is 1. The first-order chi connectivity index (χ1) is 12.6. The number of hydrogen-bond donors (Lipinski definition) is 1. The molecule has 1 heterocycles. The van der Waals surface area contributed by atoms with Crippen LogP contribution in [0.5, 0.6) is 5.75 Å². The number of nitrogens with zero attached hydrogens (tertiary/aromatic N) is 2. The molecule has 0 bridgehead atoms. The van der Waals surface area contributed by atoms with E-state index in [0.29, 0.717) is 12.4 Å². The van der Waals surface area contributed by atoms with Crippen molar-refractivity contribution in [3.8, 4) is 5.75 Å². The maximum absolute atomic E-state index is 12.1. The Hall–Kier alpha value is -2.86. The fourth-order valence-corrected chi connectivity index (χ4v) is 2.97. The maximum atomic E-state index is 12.1. The molecule has 0 saturated heterocycles. The van der Waals surface area contributed by atoms with Crippen LogP contribution in [0.3, 0.4) is 0 Å². The first-order valence-electron chi connectivity index (χ1n) is 8.04. The average Bonchev–Trinajstić information content (AvgIpc) is 3.07. The van der Waals surface area contributed by atoms with Gasteiger partial charge in [0.25, 0.3) is 0 Å². The first kappa shape index (κ1) is 17.9. The van der Waals surface area contributed by atoms with Gasteiger partial charge in [0.2, 0.25) is 5.91 Å². The zero-order chi connectivity index (χ0) is 18.4. The summed E-state index contributed by atoms with van der Waals surface area (Å²) in [5, 5.41) is 7.13. The number of hydrogen-bond acceptors (Lipinski definition) is 3. The van der Waals surface area contributed by atoms with Crippen molar-refractivity contribution in [2.45, 2.75) is 6.54 Å². The Morgan fingerprint density at radius 2 is 2.04 bits per heavy atom. The molecule has 0 spiro atoms. The maximum Gasteiger partial charge on any atom is 0.249 e. The highest BCUT2D eigenvalue weighted by Crippen LogP contribution is 2.25. The lowest BCUT2D eigenvalue weighted by Gasteiger charge is -2.03. The summed E-state index contributed by atoms with van der Waals surface area (Å²) in [5.74, 6) is 1.03. The van der Waals surface area contributed by atoms with Crippen LogP contribution in [0.1, 0.15) is 11.1 Å². The van der Waals surface area contributed by atoms with Gasteiger partial charge in [-0.15, -0.1) is 0 Å². The number of carbonyl (C=O) groups is 1. The minimum Gasteiger partial charge on any atom is -0.496 e. The van der Waals surface area contributed by atoms with Crippen LogP contribution >= 0.6 is 15.9 Å². The zero-order valence-corrected chi connectivity index (χ0v) is 15.8. The Morgan fingerprint density at radius 1 is 1.23 bits per heavy atom. The molecule has 0 aliphatic heterocycles.